The lowest BCUT2D eigenvalue weighted by Crippen LogP contribution is -2.28. The van der Waals surface area contributed by atoms with Gasteiger partial charge in [0.15, 0.2) is 0 Å². The van der Waals surface area contributed by atoms with Crippen LogP contribution < -0.4 is 11.1 Å². The summed E-state index contributed by atoms with van der Waals surface area (Å²) in [5, 5.41) is 2.77. The Bertz CT molecular complexity index is 285. The first-order chi connectivity index (χ1) is 9.61. The topological polar surface area (TPSA) is 55.1 Å². The minimum absolute atomic E-state index is 0.0539. The van der Waals surface area contributed by atoms with Crippen molar-refractivity contribution in [3.05, 3.63) is 11.4 Å². The van der Waals surface area contributed by atoms with Crippen LogP contribution in [-0.4, -0.2) is 5.91 Å². The quantitative estimate of drug-likeness (QED) is 0.513. The van der Waals surface area contributed by atoms with Gasteiger partial charge in [-0.15, -0.1) is 0 Å². The van der Waals surface area contributed by atoms with Crippen molar-refractivity contribution in [3.63, 3.8) is 0 Å². The second-order valence-corrected chi connectivity index (χ2v) is 5.67. The molecule has 0 aliphatic rings. The molecule has 0 unspecified atom stereocenters. The van der Waals surface area contributed by atoms with Gasteiger partial charge in [-0.1, -0.05) is 65.2 Å². The number of carbonyl (C=O) groups excluding carboxylic acids is 1. The van der Waals surface area contributed by atoms with Crippen molar-refractivity contribution < 1.29 is 4.79 Å². The first kappa shape index (κ1) is 19.0. The molecular weight excluding hydrogens is 248 g/mol. The van der Waals surface area contributed by atoms with E-state index in [1.807, 2.05) is 13.8 Å². The van der Waals surface area contributed by atoms with Gasteiger partial charge in [-0.25, -0.2) is 0 Å². The van der Waals surface area contributed by atoms with Crippen LogP contribution in [0.5, 0.6) is 0 Å². The van der Waals surface area contributed by atoms with E-state index in [1.54, 1.807) is 0 Å². The van der Waals surface area contributed by atoms with Crippen molar-refractivity contribution >= 4 is 5.91 Å². The average Bonchev–Trinajstić information content (AvgIpc) is 2.44. The zero-order valence-electron chi connectivity index (χ0n) is 13.8. The van der Waals surface area contributed by atoms with Crippen molar-refractivity contribution in [3.8, 4) is 0 Å². The van der Waals surface area contributed by atoms with Gasteiger partial charge in [0.25, 0.3) is 0 Å². The van der Waals surface area contributed by atoms with Crippen molar-refractivity contribution in [2.24, 2.45) is 5.73 Å². The summed E-state index contributed by atoms with van der Waals surface area (Å²) < 4.78 is 0. The molecule has 20 heavy (non-hydrogen) atoms. The van der Waals surface area contributed by atoms with E-state index in [0.717, 1.165) is 24.8 Å². The number of allylic oxidation sites excluding steroid dienone is 1. The summed E-state index contributed by atoms with van der Waals surface area (Å²) in [4.78, 5) is 11.7. The number of unbranched alkanes of at least 4 members (excludes halogenated alkanes) is 8. The molecule has 0 aliphatic carbocycles. The van der Waals surface area contributed by atoms with E-state index >= 15 is 0 Å². The number of carbonyl (C=O) groups is 1. The van der Waals surface area contributed by atoms with Crippen molar-refractivity contribution in [2.45, 2.75) is 91.4 Å². The maximum atomic E-state index is 11.7. The second-order valence-electron chi connectivity index (χ2n) is 5.67. The largest absolute Gasteiger partial charge is 0.385 e. The number of rotatable bonds is 12. The lowest BCUT2D eigenvalue weighted by molar-refractivity contribution is -0.120. The molecule has 1 amide bonds. The lowest BCUT2D eigenvalue weighted by Gasteiger charge is -2.08. The molecule has 0 saturated carbocycles. The summed E-state index contributed by atoms with van der Waals surface area (Å²) in [6, 6.07) is 0. The highest BCUT2D eigenvalue weighted by Crippen LogP contribution is 2.10. The molecule has 0 aliphatic heterocycles. The summed E-state index contributed by atoms with van der Waals surface area (Å²) in [5.41, 5.74) is 6.83. The summed E-state index contributed by atoms with van der Waals surface area (Å²) >= 11 is 0. The molecule has 0 heterocycles. The van der Waals surface area contributed by atoms with Crippen LogP contribution in [0.3, 0.4) is 0 Å². The Hall–Kier alpha value is -0.990. The second kappa shape index (κ2) is 13.0. The lowest BCUT2D eigenvalue weighted by atomic mass is 10.1. The van der Waals surface area contributed by atoms with Crippen LogP contribution in [0.25, 0.3) is 0 Å². The number of amides is 1. The molecule has 0 bridgehead atoms. The van der Waals surface area contributed by atoms with Crippen LogP contribution >= 0.6 is 0 Å². The zero-order valence-corrected chi connectivity index (χ0v) is 13.8. The highest BCUT2D eigenvalue weighted by atomic mass is 16.1. The smallest absolute Gasteiger partial charge is 0.225 e. The van der Waals surface area contributed by atoms with Crippen LogP contribution in [0.15, 0.2) is 11.4 Å². The molecular formula is C17H34N2O. The van der Waals surface area contributed by atoms with E-state index in [-0.39, 0.29) is 5.91 Å². The van der Waals surface area contributed by atoms with Crippen LogP contribution in [0, 0.1) is 0 Å². The SMILES string of the molecule is CCCCCCCCCCCC(=O)NC(N)=C(C)CC. The maximum Gasteiger partial charge on any atom is 0.225 e. The van der Waals surface area contributed by atoms with E-state index < -0.39 is 0 Å². The predicted molar refractivity (Wildman–Crippen MR) is 87.2 cm³/mol. The summed E-state index contributed by atoms with van der Waals surface area (Å²) in [7, 11) is 0. The van der Waals surface area contributed by atoms with Gasteiger partial charge in [-0.2, -0.15) is 0 Å². The third-order valence-corrected chi connectivity index (χ3v) is 3.77. The molecule has 0 aromatic rings. The van der Waals surface area contributed by atoms with Gasteiger partial charge in [0.05, 0.1) is 0 Å². The van der Waals surface area contributed by atoms with Gasteiger partial charge in [-0.05, 0) is 25.3 Å². The van der Waals surface area contributed by atoms with Gasteiger partial charge < -0.3 is 11.1 Å². The number of hydrogen-bond donors (Lipinski definition) is 2. The molecule has 118 valence electrons. The van der Waals surface area contributed by atoms with Crippen LogP contribution in [0.4, 0.5) is 0 Å². The van der Waals surface area contributed by atoms with Gasteiger partial charge in [0.1, 0.15) is 5.82 Å². The molecule has 3 N–H and O–H groups in total. The van der Waals surface area contributed by atoms with Gasteiger partial charge in [-0.3, -0.25) is 4.79 Å². The fourth-order valence-corrected chi connectivity index (χ4v) is 2.11. The van der Waals surface area contributed by atoms with Gasteiger partial charge in [0.2, 0.25) is 5.91 Å². The maximum absolute atomic E-state index is 11.7. The molecule has 0 atom stereocenters. The Morgan fingerprint density at radius 2 is 1.40 bits per heavy atom. The standard InChI is InChI=1S/C17H34N2O/c1-4-6-7-8-9-10-11-12-13-14-16(20)19-17(18)15(3)5-2/h4-14,18H2,1-3H3,(H,19,20). The molecule has 0 spiro atoms. The third kappa shape index (κ3) is 10.9. The monoisotopic (exact) mass is 282 g/mol. The molecule has 0 aromatic heterocycles. The highest BCUT2D eigenvalue weighted by Gasteiger charge is 2.03. The van der Waals surface area contributed by atoms with E-state index in [1.165, 1.54) is 44.9 Å². The van der Waals surface area contributed by atoms with E-state index in [4.69, 9.17) is 5.73 Å². The van der Waals surface area contributed by atoms with E-state index in [2.05, 4.69) is 12.2 Å². The molecule has 0 fully saturated rings. The fraction of sp³-hybridized carbons (Fsp3) is 0.824. The average molecular weight is 282 g/mol. The van der Waals surface area contributed by atoms with Crippen molar-refractivity contribution in [2.75, 3.05) is 0 Å². The molecule has 0 aromatic carbocycles. The number of nitrogens with two attached hydrogens (primary N) is 1. The highest BCUT2D eigenvalue weighted by molar-refractivity contribution is 5.77. The van der Waals surface area contributed by atoms with E-state index in [0.29, 0.717) is 12.2 Å². The van der Waals surface area contributed by atoms with Crippen molar-refractivity contribution in [1.82, 2.24) is 5.32 Å². The number of hydrogen-bond acceptors (Lipinski definition) is 2. The normalized spacial score (nSPS) is 12.2. The fourth-order valence-electron chi connectivity index (χ4n) is 2.11. The Morgan fingerprint density at radius 3 is 1.90 bits per heavy atom. The predicted octanol–water partition coefficient (Wildman–Crippen LogP) is 4.62. The Labute approximate surface area is 125 Å². The molecule has 0 saturated heterocycles. The van der Waals surface area contributed by atoms with Crippen LogP contribution in [0.2, 0.25) is 0 Å². The van der Waals surface area contributed by atoms with Gasteiger partial charge >= 0.3 is 0 Å². The molecule has 0 radical (unpaired) electrons. The van der Waals surface area contributed by atoms with Gasteiger partial charge in [0, 0.05) is 6.42 Å². The Kier molecular flexibility index (Phi) is 12.4. The minimum atomic E-state index is 0.0539. The van der Waals surface area contributed by atoms with Crippen LogP contribution in [0.1, 0.15) is 91.4 Å². The van der Waals surface area contributed by atoms with Crippen LogP contribution in [-0.2, 0) is 4.79 Å². The van der Waals surface area contributed by atoms with E-state index in [9.17, 15) is 4.79 Å². The summed E-state index contributed by atoms with van der Waals surface area (Å²) in [5.74, 6) is 0.590. The Morgan fingerprint density at radius 1 is 0.900 bits per heavy atom. The molecule has 3 nitrogen and oxygen atoms in total. The summed E-state index contributed by atoms with van der Waals surface area (Å²) in [6.45, 7) is 6.23. The minimum Gasteiger partial charge on any atom is -0.385 e. The summed E-state index contributed by atoms with van der Waals surface area (Å²) in [6.07, 6.45) is 12.9. The zero-order chi connectivity index (χ0) is 15.2. The first-order valence-electron chi connectivity index (χ1n) is 8.36. The molecule has 3 heteroatoms. The van der Waals surface area contributed by atoms with Crippen molar-refractivity contribution in [1.29, 1.82) is 0 Å². The molecule has 0 rings (SSSR count). The first-order valence-corrected chi connectivity index (χ1v) is 8.36. The third-order valence-electron chi connectivity index (χ3n) is 3.77. The Balaban J connectivity index is 3.45. The number of nitrogens with one attached hydrogen (secondary N) is 1.